The zero-order valence-corrected chi connectivity index (χ0v) is 21.4. The minimum atomic E-state index is -0.224. The van der Waals surface area contributed by atoms with Crippen molar-refractivity contribution in [2.45, 2.75) is 6.61 Å². The summed E-state index contributed by atoms with van der Waals surface area (Å²) in [7, 11) is 3.10. The van der Waals surface area contributed by atoms with Gasteiger partial charge in [-0.25, -0.2) is 0 Å². The molecule has 0 saturated carbocycles. The van der Waals surface area contributed by atoms with Gasteiger partial charge < -0.3 is 14.2 Å². The molecule has 0 unspecified atom stereocenters. The zero-order valence-electron chi connectivity index (χ0n) is 18.2. The summed E-state index contributed by atoms with van der Waals surface area (Å²) in [5.74, 6) is 1.45. The van der Waals surface area contributed by atoms with Gasteiger partial charge in [-0.2, -0.15) is 0 Å². The number of nitrogens with zero attached hydrogens (tertiary/aromatic N) is 1. The van der Waals surface area contributed by atoms with Crippen molar-refractivity contribution in [2.24, 2.45) is 0 Å². The molecule has 174 valence electrons. The summed E-state index contributed by atoms with van der Waals surface area (Å²) in [4.78, 5) is 15.1. The molecule has 5 nitrogen and oxygen atoms in total. The van der Waals surface area contributed by atoms with Crippen LogP contribution in [0, 0.1) is 0 Å². The number of methoxy groups -OCH3 is 2. The van der Waals surface area contributed by atoms with E-state index in [0.717, 1.165) is 11.1 Å². The summed E-state index contributed by atoms with van der Waals surface area (Å²) in [6.45, 7) is 0.371. The highest BCUT2D eigenvalue weighted by molar-refractivity contribution is 8.27. The Hall–Kier alpha value is -2.71. The Morgan fingerprint density at radius 3 is 2.32 bits per heavy atom. The van der Waals surface area contributed by atoms with Crippen molar-refractivity contribution >= 4 is 69.2 Å². The Labute approximate surface area is 217 Å². The van der Waals surface area contributed by atoms with Gasteiger partial charge in [0.25, 0.3) is 5.91 Å². The van der Waals surface area contributed by atoms with Crippen LogP contribution in [0.2, 0.25) is 10.0 Å². The number of hydrogen-bond acceptors (Lipinski definition) is 6. The molecule has 0 N–H and O–H groups in total. The van der Waals surface area contributed by atoms with E-state index in [1.54, 1.807) is 31.4 Å². The van der Waals surface area contributed by atoms with Crippen LogP contribution in [-0.2, 0) is 11.4 Å². The Balaban J connectivity index is 1.53. The van der Waals surface area contributed by atoms with Gasteiger partial charge in [-0.05, 0) is 59.7 Å². The number of carbonyl (C=O) groups excluding carboxylic acids is 1. The summed E-state index contributed by atoms with van der Waals surface area (Å²) in [5.41, 5.74) is 2.35. The monoisotopic (exact) mass is 531 g/mol. The lowest BCUT2D eigenvalue weighted by atomic mass is 10.1. The Bertz CT molecular complexity index is 1280. The van der Waals surface area contributed by atoms with E-state index in [4.69, 9.17) is 49.6 Å². The molecule has 1 fully saturated rings. The first-order valence-electron chi connectivity index (χ1n) is 10.1. The van der Waals surface area contributed by atoms with Gasteiger partial charge in [0.05, 0.1) is 29.8 Å². The lowest BCUT2D eigenvalue weighted by molar-refractivity contribution is -0.113. The van der Waals surface area contributed by atoms with Crippen molar-refractivity contribution in [2.75, 3.05) is 19.1 Å². The number of benzene rings is 3. The summed E-state index contributed by atoms with van der Waals surface area (Å²) in [5, 5.41) is 1.07. The largest absolute Gasteiger partial charge is 0.495 e. The fraction of sp³-hybridized carbons (Fsp3) is 0.120. The quantitative estimate of drug-likeness (QED) is 0.241. The first-order chi connectivity index (χ1) is 16.4. The summed E-state index contributed by atoms with van der Waals surface area (Å²) in [6.07, 6.45) is 1.77. The van der Waals surface area contributed by atoms with Crippen LogP contribution in [-0.4, -0.2) is 24.4 Å². The molecule has 0 atom stereocenters. The molecule has 1 heterocycles. The highest BCUT2D eigenvalue weighted by Gasteiger charge is 2.33. The molecule has 0 radical (unpaired) electrons. The molecule has 0 spiro atoms. The van der Waals surface area contributed by atoms with Gasteiger partial charge in [-0.3, -0.25) is 9.69 Å². The van der Waals surface area contributed by atoms with Gasteiger partial charge in [-0.15, -0.1) is 0 Å². The minimum absolute atomic E-state index is 0.224. The molecule has 3 aromatic rings. The topological polar surface area (TPSA) is 48.0 Å². The van der Waals surface area contributed by atoms with Crippen molar-refractivity contribution in [1.29, 1.82) is 0 Å². The average Bonchev–Trinajstić information content (AvgIpc) is 3.11. The van der Waals surface area contributed by atoms with Crippen molar-refractivity contribution in [3.63, 3.8) is 0 Å². The molecule has 3 aromatic carbocycles. The van der Waals surface area contributed by atoms with Gasteiger partial charge in [0.1, 0.15) is 12.4 Å². The predicted molar refractivity (Wildman–Crippen MR) is 142 cm³/mol. The van der Waals surface area contributed by atoms with Crippen LogP contribution >= 0.6 is 47.2 Å². The SMILES string of the molecule is COc1ccc(N2C(=O)/C(=C\c3ccc(OCc4ccc(Cl)cc4)c(OC)c3)SC2=S)cc1Cl. The molecule has 1 amide bonds. The van der Waals surface area contributed by atoms with E-state index >= 15 is 0 Å². The third-order valence-electron chi connectivity index (χ3n) is 4.98. The molecule has 34 heavy (non-hydrogen) atoms. The zero-order chi connectivity index (χ0) is 24.2. The van der Waals surface area contributed by atoms with Crippen molar-refractivity contribution in [3.8, 4) is 17.2 Å². The molecule has 0 aromatic heterocycles. The molecule has 1 aliphatic heterocycles. The maximum absolute atomic E-state index is 13.1. The fourth-order valence-electron chi connectivity index (χ4n) is 3.27. The van der Waals surface area contributed by atoms with Crippen LogP contribution in [0.3, 0.4) is 0 Å². The molecule has 4 rings (SSSR count). The average molecular weight is 532 g/mol. The summed E-state index contributed by atoms with van der Waals surface area (Å²) >= 11 is 18.8. The normalized spacial score (nSPS) is 14.6. The van der Waals surface area contributed by atoms with Crippen LogP contribution in [0.25, 0.3) is 6.08 Å². The number of carbonyl (C=O) groups is 1. The Kier molecular flexibility index (Phi) is 7.68. The van der Waals surface area contributed by atoms with Crippen molar-refractivity contribution in [1.82, 2.24) is 0 Å². The molecule has 1 aliphatic rings. The summed E-state index contributed by atoms with van der Waals surface area (Å²) < 4.78 is 17.0. The second-order valence-corrected chi connectivity index (χ2v) is 9.68. The maximum atomic E-state index is 13.1. The number of ether oxygens (including phenoxy) is 3. The van der Waals surface area contributed by atoms with Crippen LogP contribution in [0.15, 0.2) is 65.6 Å². The number of thioether (sulfide) groups is 1. The van der Waals surface area contributed by atoms with E-state index in [9.17, 15) is 4.79 Å². The maximum Gasteiger partial charge on any atom is 0.270 e. The third-order valence-corrected chi connectivity index (χ3v) is 6.83. The van der Waals surface area contributed by atoms with E-state index in [-0.39, 0.29) is 5.91 Å². The predicted octanol–water partition coefficient (Wildman–Crippen LogP) is 7.00. The number of thiocarbonyl (C=S) groups is 1. The smallest absolute Gasteiger partial charge is 0.270 e. The van der Waals surface area contributed by atoms with Crippen LogP contribution in [0.1, 0.15) is 11.1 Å². The highest BCUT2D eigenvalue weighted by Crippen LogP contribution is 2.39. The van der Waals surface area contributed by atoms with Crippen molar-refractivity contribution in [3.05, 3.63) is 86.7 Å². The second-order valence-electron chi connectivity index (χ2n) is 7.16. The molecule has 0 bridgehead atoms. The van der Waals surface area contributed by atoms with Gasteiger partial charge in [0.2, 0.25) is 0 Å². The molecular formula is C25H19Cl2NO4S2. The summed E-state index contributed by atoms with van der Waals surface area (Å²) in [6, 6.07) is 18.0. The first-order valence-corrected chi connectivity index (χ1v) is 12.0. The Morgan fingerprint density at radius 1 is 0.941 bits per heavy atom. The number of hydrogen-bond donors (Lipinski definition) is 0. The van der Waals surface area contributed by atoms with Crippen LogP contribution in [0.5, 0.6) is 17.2 Å². The van der Waals surface area contributed by atoms with Crippen LogP contribution in [0.4, 0.5) is 5.69 Å². The third kappa shape index (κ3) is 5.33. The molecule has 0 aliphatic carbocycles. The minimum Gasteiger partial charge on any atom is -0.495 e. The second kappa shape index (κ2) is 10.7. The van der Waals surface area contributed by atoms with E-state index in [2.05, 4.69) is 0 Å². The highest BCUT2D eigenvalue weighted by atomic mass is 35.5. The number of anilines is 1. The van der Waals surface area contributed by atoms with Gasteiger partial charge in [0, 0.05) is 5.02 Å². The number of amides is 1. The fourth-order valence-corrected chi connectivity index (χ4v) is 4.95. The first kappa shape index (κ1) is 24.4. The lowest BCUT2D eigenvalue weighted by Gasteiger charge is -2.15. The van der Waals surface area contributed by atoms with Crippen LogP contribution < -0.4 is 19.1 Å². The van der Waals surface area contributed by atoms with E-state index in [1.807, 2.05) is 42.5 Å². The Morgan fingerprint density at radius 2 is 1.65 bits per heavy atom. The van der Waals surface area contributed by atoms with Gasteiger partial charge in [0.15, 0.2) is 15.8 Å². The number of rotatable bonds is 7. The molecular weight excluding hydrogens is 513 g/mol. The van der Waals surface area contributed by atoms with Crippen molar-refractivity contribution < 1.29 is 19.0 Å². The number of halogens is 2. The standard InChI is InChI=1S/C25H19Cl2NO4S2/c1-30-20-10-8-18(13-19(20)27)28-24(29)23(34-25(28)33)12-16-5-9-21(22(11-16)31-2)32-14-15-3-6-17(26)7-4-15/h3-13H,14H2,1-2H3/b23-12+. The van der Waals surface area contributed by atoms with Gasteiger partial charge >= 0.3 is 0 Å². The van der Waals surface area contributed by atoms with E-state index < -0.39 is 0 Å². The molecule has 1 saturated heterocycles. The van der Waals surface area contributed by atoms with E-state index in [1.165, 1.54) is 23.8 Å². The van der Waals surface area contributed by atoms with Gasteiger partial charge in [-0.1, -0.05) is 65.4 Å². The lowest BCUT2D eigenvalue weighted by Crippen LogP contribution is -2.27. The molecule has 9 heteroatoms. The van der Waals surface area contributed by atoms with E-state index in [0.29, 0.717) is 48.8 Å².